The van der Waals surface area contributed by atoms with Crippen LogP contribution in [0.1, 0.15) is 46.6 Å². The largest absolute Gasteiger partial charge is 0.288 e. The second kappa shape index (κ2) is 5.90. The highest BCUT2D eigenvalue weighted by Crippen LogP contribution is 2.32. The zero-order valence-electron chi connectivity index (χ0n) is 13.3. The Labute approximate surface area is 127 Å². The number of hydrogen-bond donors (Lipinski definition) is 0. The van der Waals surface area contributed by atoms with Gasteiger partial charge in [0.05, 0.1) is 0 Å². The van der Waals surface area contributed by atoms with Crippen molar-refractivity contribution in [2.45, 2.75) is 57.9 Å². The molecule has 0 aliphatic carbocycles. The van der Waals surface area contributed by atoms with Crippen molar-refractivity contribution in [3.05, 3.63) is 35.9 Å². The van der Waals surface area contributed by atoms with Crippen LogP contribution in [0, 0.1) is 0 Å². The number of benzene rings is 1. The molecule has 0 N–H and O–H groups in total. The van der Waals surface area contributed by atoms with Gasteiger partial charge in [0.25, 0.3) is 0 Å². The van der Waals surface area contributed by atoms with E-state index in [9.17, 15) is 0 Å². The molecule has 1 fully saturated rings. The molecule has 1 heterocycles. The topological polar surface area (TPSA) is 15.6 Å². The van der Waals surface area contributed by atoms with E-state index in [0.717, 1.165) is 19.5 Å². The minimum absolute atomic E-state index is 0.198. The Morgan fingerprint density at radius 2 is 1.85 bits per heavy atom. The highest BCUT2D eigenvalue weighted by molar-refractivity contribution is 7.99. The summed E-state index contributed by atoms with van der Waals surface area (Å²) >= 11 is 1.70. The van der Waals surface area contributed by atoms with Crippen LogP contribution in [0.5, 0.6) is 0 Å². The average Bonchev–Trinajstić information content (AvgIpc) is 2.62. The molecule has 0 bridgehead atoms. The molecule has 0 saturated carbocycles. The maximum Gasteiger partial charge on any atom is 0.0421 e. The summed E-state index contributed by atoms with van der Waals surface area (Å²) in [6, 6.07) is 10.7. The predicted octanol–water partition coefficient (Wildman–Crippen LogP) is 4.56. The van der Waals surface area contributed by atoms with E-state index in [-0.39, 0.29) is 10.3 Å². The number of nitrogens with zero attached hydrogens (tertiary/aromatic N) is 2. The minimum atomic E-state index is 0.198. The molecular formula is C17H26N2S. The molecule has 3 heteroatoms. The summed E-state index contributed by atoms with van der Waals surface area (Å²) < 4.78 is 4.97. The van der Waals surface area contributed by atoms with Crippen LogP contribution >= 0.6 is 11.9 Å². The van der Waals surface area contributed by atoms with Gasteiger partial charge in [-0.3, -0.25) is 4.90 Å². The quantitative estimate of drug-likeness (QED) is 0.758. The maximum absolute atomic E-state index is 4.77. The van der Waals surface area contributed by atoms with Gasteiger partial charge in [0.1, 0.15) is 0 Å². The van der Waals surface area contributed by atoms with Crippen LogP contribution in [0.4, 0.5) is 0 Å². The first-order chi connectivity index (χ1) is 9.26. The van der Waals surface area contributed by atoms with Crippen LogP contribution in [0.25, 0.3) is 0 Å². The zero-order chi connectivity index (χ0) is 14.8. The summed E-state index contributed by atoms with van der Waals surface area (Å²) in [6.45, 7) is 13.3. The Hall–Kier alpha value is -0.800. The van der Waals surface area contributed by atoms with Gasteiger partial charge in [-0.05, 0) is 52.1 Å². The van der Waals surface area contributed by atoms with Crippen molar-refractivity contribution in [1.82, 2.24) is 4.90 Å². The fourth-order valence-electron chi connectivity index (χ4n) is 2.44. The molecule has 110 valence electrons. The monoisotopic (exact) mass is 290 g/mol. The van der Waals surface area contributed by atoms with E-state index in [1.165, 1.54) is 11.3 Å². The molecule has 1 aromatic rings. The van der Waals surface area contributed by atoms with Crippen LogP contribution in [-0.2, 0) is 6.54 Å². The molecule has 0 radical (unpaired) electrons. The van der Waals surface area contributed by atoms with Gasteiger partial charge in [-0.25, -0.2) is 4.40 Å². The zero-order valence-corrected chi connectivity index (χ0v) is 14.1. The van der Waals surface area contributed by atoms with Crippen molar-refractivity contribution >= 4 is 17.7 Å². The fourth-order valence-corrected chi connectivity index (χ4v) is 2.96. The van der Waals surface area contributed by atoms with E-state index in [1.54, 1.807) is 11.9 Å². The first kappa shape index (κ1) is 15.6. The minimum Gasteiger partial charge on any atom is -0.288 e. The molecule has 20 heavy (non-hydrogen) atoms. The average molecular weight is 290 g/mol. The second-order valence-electron chi connectivity index (χ2n) is 7.19. The Morgan fingerprint density at radius 3 is 2.45 bits per heavy atom. The Balaban J connectivity index is 2.04. The van der Waals surface area contributed by atoms with Gasteiger partial charge >= 0.3 is 0 Å². The highest BCUT2D eigenvalue weighted by atomic mass is 32.2. The van der Waals surface area contributed by atoms with Crippen LogP contribution in [-0.4, -0.2) is 27.4 Å². The van der Waals surface area contributed by atoms with Crippen molar-refractivity contribution < 1.29 is 0 Å². The third kappa shape index (κ3) is 4.35. The molecule has 2 nitrogen and oxygen atoms in total. The SMILES string of the molecule is CC(C)(C)S/N=C1/CN(Cc2ccccc2)C(C)(C)C1. The number of likely N-dealkylation sites (tertiary alicyclic amines) is 1. The summed E-state index contributed by atoms with van der Waals surface area (Å²) in [5.41, 5.74) is 2.91. The first-order valence-electron chi connectivity index (χ1n) is 7.29. The third-order valence-electron chi connectivity index (χ3n) is 3.53. The van der Waals surface area contributed by atoms with E-state index >= 15 is 0 Å². The number of hydrogen-bond acceptors (Lipinski definition) is 3. The lowest BCUT2D eigenvalue weighted by atomic mass is 10.0. The Kier molecular flexibility index (Phi) is 4.60. The maximum atomic E-state index is 4.77. The standard InChI is InChI=1S/C17H26N2S/c1-16(2,3)20-18-15-11-17(4,5)19(13-15)12-14-9-7-6-8-10-14/h6-10H,11-13H2,1-5H3/b18-15+. The molecule has 1 aliphatic rings. The van der Waals surface area contributed by atoms with E-state index in [1.807, 2.05) is 0 Å². The lowest BCUT2D eigenvalue weighted by Gasteiger charge is -2.30. The summed E-state index contributed by atoms with van der Waals surface area (Å²) in [5.74, 6) is 0. The molecule has 0 spiro atoms. The van der Waals surface area contributed by atoms with E-state index in [0.29, 0.717) is 0 Å². The van der Waals surface area contributed by atoms with Crippen LogP contribution < -0.4 is 0 Å². The Bertz CT molecular complexity index is 472. The molecule has 0 aromatic heterocycles. The molecule has 0 atom stereocenters. The van der Waals surface area contributed by atoms with Gasteiger partial charge in [-0.1, -0.05) is 30.3 Å². The Morgan fingerprint density at radius 1 is 1.20 bits per heavy atom. The fraction of sp³-hybridized carbons (Fsp3) is 0.588. The molecule has 0 unspecified atom stereocenters. The van der Waals surface area contributed by atoms with Crippen LogP contribution in [0.3, 0.4) is 0 Å². The van der Waals surface area contributed by atoms with Crippen LogP contribution in [0.15, 0.2) is 34.7 Å². The van der Waals surface area contributed by atoms with Crippen molar-refractivity contribution in [2.75, 3.05) is 6.54 Å². The molecule has 1 saturated heterocycles. The van der Waals surface area contributed by atoms with Gasteiger partial charge in [0.15, 0.2) is 0 Å². The summed E-state index contributed by atoms with van der Waals surface area (Å²) in [4.78, 5) is 2.53. The normalized spacial score (nSPS) is 21.6. The van der Waals surface area contributed by atoms with Gasteiger partial charge < -0.3 is 0 Å². The smallest absolute Gasteiger partial charge is 0.0421 e. The van der Waals surface area contributed by atoms with Crippen molar-refractivity contribution in [3.63, 3.8) is 0 Å². The summed E-state index contributed by atoms with van der Waals surface area (Å²) in [6.07, 6.45) is 1.07. The molecule has 1 aromatic carbocycles. The van der Waals surface area contributed by atoms with Gasteiger partial charge in [0, 0.05) is 35.5 Å². The molecule has 0 amide bonds. The molecule has 2 rings (SSSR count). The van der Waals surface area contributed by atoms with Gasteiger partial charge in [-0.2, -0.15) is 0 Å². The van der Waals surface area contributed by atoms with Crippen molar-refractivity contribution in [3.8, 4) is 0 Å². The third-order valence-corrected chi connectivity index (χ3v) is 4.43. The number of rotatable bonds is 3. The lowest BCUT2D eigenvalue weighted by molar-refractivity contribution is 0.167. The van der Waals surface area contributed by atoms with E-state index < -0.39 is 0 Å². The second-order valence-corrected chi connectivity index (χ2v) is 8.78. The van der Waals surface area contributed by atoms with Gasteiger partial charge in [0.2, 0.25) is 0 Å². The lowest BCUT2D eigenvalue weighted by Crippen LogP contribution is -2.37. The summed E-state index contributed by atoms with van der Waals surface area (Å²) in [7, 11) is 0. The molecule has 1 aliphatic heterocycles. The van der Waals surface area contributed by atoms with Gasteiger partial charge in [-0.15, -0.1) is 0 Å². The summed E-state index contributed by atoms with van der Waals surface area (Å²) in [5, 5.41) is 0. The van der Waals surface area contributed by atoms with E-state index in [4.69, 9.17) is 4.40 Å². The van der Waals surface area contributed by atoms with E-state index in [2.05, 4.69) is 69.9 Å². The van der Waals surface area contributed by atoms with Crippen molar-refractivity contribution in [2.24, 2.45) is 4.40 Å². The molecular weight excluding hydrogens is 264 g/mol. The highest BCUT2D eigenvalue weighted by Gasteiger charge is 2.36. The first-order valence-corrected chi connectivity index (χ1v) is 8.06. The van der Waals surface area contributed by atoms with Crippen molar-refractivity contribution in [1.29, 1.82) is 0 Å². The van der Waals surface area contributed by atoms with Crippen LogP contribution in [0.2, 0.25) is 0 Å². The predicted molar refractivity (Wildman–Crippen MR) is 90.3 cm³/mol.